The number of hydrogen-bond donors (Lipinski definition) is 2. The van der Waals surface area contributed by atoms with Gasteiger partial charge in [0.15, 0.2) is 0 Å². The lowest BCUT2D eigenvalue weighted by atomic mass is 10.0. The number of methoxy groups -OCH3 is 3. The number of nitrogens with zero attached hydrogens (tertiary/aromatic N) is 2. The predicted molar refractivity (Wildman–Crippen MR) is 140 cm³/mol. The highest BCUT2D eigenvalue weighted by molar-refractivity contribution is 6.41. The highest BCUT2D eigenvalue weighted by atomic mass is 35.5. The van der Waals surface area contributed by atoms with E-state index in [2.05, 4.69) is 27.2 Å². The third-order valence-electron chi connectivity index (χ3n) is 5.91. The quantitative estimate of drug-likeness (QED) is 0.408. The molecule has 1 aliphatic rings. The topological polar surface area (TPSA) is 104 Å². The molecule has 4 rings (SSSR count). The molecule has 36 heavy (non-hydrogen) atoms. The molecule has 0 bridgehead atoms. The number of nitrogens with one attached hydrogen (secondary N) is 2. The molecule has 0 radical (unpaired) electrons. The van der Waals surface area contributed by atoms with Crippen molar-refractivity contribution >= 4 is 45.7 Å². The van der Waals surface area contributed by atoms with Crippen molar-refractivity contribution in [3.63, 3.8) is 0 Å². The summed E-state index contributed by atoms with van der Waals surface area (Å²) in [6, 6.07) is 4.97. The Morgan fingerprint density at radius 1 is 1.11 bits per heavy atom. The highest BCUT2D eigenvalue weighted by Gasteiger charge is 2.27. The van der Waals surface area contributed by atoms with Crippen LogP contribution < -0.4 is 24.8 Å². The number of aromatic nitrogens is 2. The molecule has 1 aromatic carbocycles. The second-order valence-corrected chi connectivity index (χ2v) is 8.78. The van der Waals surface area contributed by atoms with Gasteiger partial charge in [-0.25, -0.2) is 9.97 Å². The maximum absolute atomic E-state index is 11.8. The summed E-state index contributed by atoms with van der Waals surface area (Å²) in [5.74, 6) is 1.52. The first-order chi connectivity index (χ1) is 17.4. The molecular weight excluding hydrogens is 507 g/mol. The highest BCUT2D eigenvalue weighted by Crippen LogP contribution is 2.46. The second-order valence-electron chi connectivity index (χ2n) is 8.03. The molecule has 9 nitrogen and oxygen atoms in total. The Bertz CT molecular complexity index is 1280. The number of benzene rings is 1. The van der Waals surface area contributed by atoms with Gasteiger partial charge in [0.05, 0.1) is 55.8 Å². The maximum Gasteiger partial charge on any atom is 0.243 e. The molecule has 2 aromatic heterocycles. The monoisotopic (exact) mass is 532 g/mol. The minimum Gasteiger partial charge on any atom is -0.495 e. The van der Waals surface area contributed by atoms with Crippen LogP contribution >= 0.6 is 23.2 Å². The van der Waals surface area contributed by atoms with Crippen LogP contribution in [0.25, 0.3) is 22.0 Å². The molecule has 190 valence electrons. The van der Waals surface area contributed by atoms with E-state index in [1.54, 1.807) is 12.3 Å². The lowest BCUT2D eigenvalue weighted by Crippen LogP contribution is -2.52. The number of carbonyl (C=O) groups excluding carboxylic acids is 1. The standard InChI is InChI=1S/C25H26Cl2N4O5/c1-5-21(32)30-15-6-7-36-12-17(15)29-20-9-14-13(11-28-20)8-16(31-25(14)35-4)22-23(26)18(33-2)10-19(34-3)24(22)27/h5,8-11,15,17H,1,6-7,12H2,2-4H3,(H,28,29)(H,30,32)/t15-,17+/m0/s1. The summed E-state index contributed by atoms with van der Waals surface area (Å²) in [6.07, 6.45) is 3.63. The Morgan fingerprint density at radius 2 is 1.83 bits per heavy atom. The first-order valence-corrected chi connectivity index (χ1v) is 11.9. The van der Waals surface area contributed by atoms with E-state index in [9.17, 15) is 4.79 Å². The van der Waals surface area contributed by atoms with E-state index in [0.29, 0.717) is 64.1 Å². The molecule has 3 aromatic rings. The smallest absolute Gasteiger partial charge is 0.243 e. The largest absolute Gasteiger partial charge is 0.495 e. The number of pyridine rings is 2. The Morgan fingerprint density at radius 3 is 2.47 bits per heavy atom. The SMILES string of the molecule is C=CC(=O)N[C@H]1CCOC[C@H]1Nc1cc2c(OC)nc(-c3c(Cl)c(OC)cc(OC)c3Cl)cc2cn1. The van der Waals surface area contributed by atoms with E-state index in [1.807, 2.05) is 12.1 Å². The predicted octanol–water partition coefficient (Wildman–Crippen LogP) is 4.50. The van der Waals surface area contributed by atoms with Crippen LogP contribution in [0, 0.1) is 0 Å². The average molecular weight is 533 g/mol. The van der Waals surface area contributed by atoms with Crippen LogP contribution in [0.4, 0.5) is 5.82 Å². The zero-order valence-electron chi connectivity index (χ0n) is 20.1. The fourth-order valence-corrected chi connectivity index (χ4v) is 4.77. The normalized spacial score (nSPS) is 17.4. The minimum atomic E-state index is -0.231. The van der Waals surface area contributed by atoms with Gasteiger partial charge in [-0.3, -0.25) is 4.79 Å². The Balaban J connectivity index is 1.72. The Hall–Kier alpha value is -3.27. The lowest BCUT2D eigenvalue weighted by molar-refractivity contribution is -0.117. The number of rotatable bonds is 8. The molecule has 11 heteroatoms. The van der Waals surface area contributed by atoms with E-state index < -0.39 is 0 Å². The van der Waals surface area contributed by atoms with Crippen LogP contribution in [0.15, 0.2) is 37.1 Å². The van der Waals surface area contributed by atoms with Gasteiger partial charge in [0.2, 0.25) is 11.8 Å². The summed E-state index contributed by atoms with van der Waals surface area (Å²) in [6.45, 7) is 4.50. The first-order valence-electron chi connectivity index (χ1n) is 11.1. The molecule has 1 aliphatic heterocycles. The third kappa shape index (κ3) is 5.13. The van der Waals surface area contributed by atoms with Crippen LogP contribution in [-0.2, 0) is 9.53 Å². The van der Waals surface area contributed by atoms with Crippen LogP contribution in [0.3, 0.4) is 0 Å². The molecule has 1 amide bonds. The van der Waals surface area contributed by atoms with E-state index in [0.717, 1.165) is 10.8 Å². The average Bonchev–Trinajstić information content (AvgIpc) is 2.89. The molecule has 0 unspecified atom stereocenters. The van der Waals surface area contributed by atoms with E-state index in [-0.39, 0.29) is 18.0 Å². The van der Waals surface area contributed by atoms with Crippen LogP contribution in [0.2, 0.25) is 10.0 Å². The van der Waals surface area contributed by atoms with Crippen LogP contribution in [0.1, 0.15) is 6.42 Å². The van der Waals surface area contributed by atoms with E-state index in [4.69, 9.17) is 42.1 Å². The fourth-order valence-electron chi connectivity index (χ4n) is 4.07. The minimum absolute atomic E-state index is 0.128. The molecule has 0 aliphatic carbocycles. The van der Waals surface area contributed by atoms with Gasteiger partial charge in [-0.1, -0.05) is 29.8 Å². The van der Waals surface area contributed by atoms with Crippen molar-refractivity contribution in [3.05, 3.63) is 47.1 Å². The third-order valence-corrected chi connectivity index (χ3v) is 6.66. The van der Waals surface area contributed by atoms with E-state index >= 15 is 0 Å². The van der Waals surface area contributed by atoms with Gasteiger partial charge in [0.25, 0.3) is 0 Å². The van der Waals surface area contributed by atoms with Crippen LogP contribution in [0.5, 0.6) is 17.4 Å². The number of ether oxygens (including phenoxy) is 4. The fraction of sp³-hybridized carbons (Fsp3) is 0.320. The number of amides is 1. The summed E-state index contributed by atoms with van der Waals surface area (Å²) in [5, 5.41) is 8.38. The lowest BCUT2D eigenvalue weighted by Gasteiger charge is -2.32. The first kappa shape index (κ1) is 25.8. The van der Waals surface area contributed by atoms with Crippen molar-refractivity contribution in [2.75, 3.05) is 39.9 Å². The number of fused-ring (bicyclic) bond motifs is 1. The molecule has 1 fully saturated rings. The number of anilines is 1. The number of halogens is 2. The van der Waals surface area contributed by atoms with Gasteiger partial charge in [0.1, 0.15) is 17.3 Å². The molecule has 1 saturated heterocycles. The Kier molecular flexibility index (Phi) is 8.03. The van der Waals surface area contributed by atoms with Crippen molar-refractivity contribution in [1.29, 1.82) is 0 Å². The molecular formula is C25H26Cl2N4O5. The summed E-state index contributed by atoms with van der Waals surface area (Å²) in [5.41, 5.74) is 0.930. The zero-order valence-corrected chi connectivity index (χ0v) is 21.6. The molecule has 3 heterocycles. The van der Waals surface area contributed by atoms with Gasteiger partial charge in [-0.05, 0) is 24.6 Å². The van der Waals surface area contributed by atoms with Gasteiger partial charge in [0, 0.05) is 35.2 Å². The second kappa shape index (κ2) is 11.2. The van der Waals surface area contributed by atoms with Gasteiger partial charge >= 0.3 is 0 Å². The Labute approximate surface area is 218 Å². The molecule has 0 spiro atoms. The summed E-state index contributed by atoms with van der Waals surface area (Å²) in [7, 11) is 4.55. The maximum atomic E-state index is 11.8. The van der Waals surface area contributed by atoms with Crippen molar-refractivity contribution < 1.29 is 23.7 Å². The van der Waals surface area contributed by atoms with E-state index in [1.165, 1.54) is 27.4 Å². The number of carbonyl (C=O) groups is 1. The van der Waals surface area contributed by atoms with Crippen LogP contribution in [-0.4, -0.2) is 62.5 Å². The number of hydrogen-bond acceptors (Lipinski definition) is 8. The van der Waals surface area contributed by atoms with Gasteiger partial charge < -0.3 is 29.6 Å². The molecule has 0 saturated carbocycles. The van der Waals surface area contributed by atoms with Gasteiger partial charge in [-0.15, -0.1) is 0 Å². The van der Waals surface area contributed by atoms with Crippen molar-refractivity contribution in [2.45, 2.75) is 18.5 Å². The van der Waals surface area contributed by atoms with Crippen molar-refractivity contribution in [1.82, 2.24) is 15.3 Å². The summed E-state index contributed by atoms with van der Waals surface area (Å²) in [4.78, 5) is 21.1. The van der Waals surface area contributed by atoms with Crippen molar-refractivity contribution in [2.24, 2.45) is 0 Å². The van der Waals surface area contributed by atoms with Crippen molar-refractivity contribution in [3.8, 4) is 28.6 Å². The summed E-state index contributed by atoms with van der Waals surface area (Å²) < 4.78 is 22.0. The molecule has 2 atom stereocenters. The van der Waals surface area contributed by atoms with Gasteiger partial charge in [-0.2, -0.15) is 0 Å². The molecule has 2 N–H and O–H groups in total. The summed E-state index contributed by atoms with van der Waals surface area (Å²) >= 11 is 13.2. The zero-order chi connectivity index (χ0) is 25.8.